The second kappa shape index (κ2) is 4.78. The van der Waals surface area contributed by atoms with Gasteiger partial charge in [-0.15, -0.1) is 10.2 Å². The van der Waals surface area contributed by atoms with Crippen LogP contribution in [0.25, 0.3) is 5.69 Å². The van der Waals surface area contributed by atoms with Crippen LogP contribution in [0.5, 0.6) is 0 Å². The van der Waals surface area contributed by atoms with E-state index in [1.54, 1.807) is 0 Å². The Balaban J connectivity index is 2.59. The molecule has 0 N–H and O–H groups in total. The zero-order valence-electron chi connectivity index (χ0n) is 9.91. The molecule has 90 valence electrons. The van der Waals surface area contributed by atoms with E-state index in [1.807, 2.05) is 23.6 Å². The zero-order chi connectivity index (χ0) is 12.6. The number of aromatic nitrogens is 3. The maximum atomic E-state index is 6.09. The van der Waals surface area contributed by atoms with Gasteiger partial charge in [0.25, 0.3) is 0 Å². The second-order valence-corrected chi connectivity index (χ2v) is 5.44. The van der Waals surface area contributed by atoms with Crippen molar-refractivity contribution in [2.24, 2.45) is 0 Å². The minimum Gasteiger partial charge on any atom is -0.270 e. The van der Waals surface area contributed by atoms with Crippen molar-refractivity contribution in [3.8, 4) is 5.69 Å². The highest BCUT2D eigenvalue weighted by atomic mass is 79.9. The van der Waals surface area contributed by atoms with Gasteiger partial charge in [0, 0.05) is 10.4 Å². The topological polar surface area (TPSA) is 30.7 Å². The summed E-state index contributed by atoms with van der Waals surface area (Å²) in [4.78, 5) is 0. The number of nitrogens with zero attached hydrogens (tertiary/aromatic N) is 3. The van der Waals surface area contributed by atoms with Crippen LogP contribution in [0.15, 0.2) is 22.7 Å². The van der Waals surface area contributed by atoms with Crippen LogP contribution in [-0.2, 0) is 0 Å². The lowest BCUT2D eigenvalue weighted by Gasteiger charge is -2.11. The van der Waals surface area contributed by atoms with Gasteiger partial charge >= 0.3 is 0 Å². The van der Waals surface area contributed by atoms with Crippen molar-refractivity contribution >= 4 is 27.5 Å². The molecule has 0 saturated heterocycles. The van der Waals surface area contributed by atoms with Gasteiger partial charge in [-0.2, -0.15) is 0 Å². The molecular weight excluding hydrogens is 302 g/mol. The molecule has 0 aliphatic heterocycles. The summed E-state index contributed by atoms with van der Waals surface area (Å²) in [5.41, 5.74) is 2.14. The minimum atomic E-state index is 0.277. The third kappa shape index (κ3) is 2.38. The number of rotatable bonds is 2. The molecule has 0 bridgehead atoms. The van der Waals surface area contributed by atoms with Gasteiger partial charge in [-0.25, -0.2) is 0 Å². The highest BCUT2D eigenvalue weighted by Crippen LogP contribution is 2.25. The number of hydrogen-bond acceptors (Lipinski definition) is 2. The van der Waals surface area contributed by atoms with Crippen LogP contribution in [0.4, 0.5) is 0 Å². The third-order valence-corrected chi connectivity index (χ3v) is 3.70. The van der Waals surface area contributed by atoms with Crippen LogP contribution in [0, 0.1) is 6.92 Å². The molecular formula is C12H13BrClN3. The first-order valence-electron chi connectivity index (χ1n) is 5.38. The van der Waals surface area contributed by atoms with Gasteiger partial charge in [0.1, 0.15) is 5.82 Å². The van der Waals surface area contributed by atoms with E-state index < -0.39 is 0 Å². The summed E-state index contributed by atoms with van der Waals surface area (Å²) in [6, 6.07) is 6.06. The van der Waals surface area contributed by atoms with Gasteiger partial charge in [0.15, 0.2) is 0 Å². The fourth-order valence-electron chi connectivity index (χ4n) is 1.66. The van der Waals surface area contributed by atoms with E-state index in [0.29, 0.717) is 5.28 Å². The Morgan fingerprint density at radius 3 is 2.59 bits per heavy atom. The van der Waals surface area contributed by atoms with E-state index in [0.717, 1.165) is 21.5 Å². The molecule has 3 nitrogen and oxygen atoms in total. The molecule has 0 unspecified atom stereocenters. The smallest absolute Gasteiger partial charge is 0.229 e. The Kier molecular flexibility index (Phi) is 3.54. The zero-order valence-corrected chi connectivity index (χ0v) is 12.2. The maximum absolute atomic E-state index is 6.09. The average Bonchev–Trinajstić information content (AvgIpc) is 2.64. The third-order valence-electron chi connectivity index (χ3n) is 2.56. The molecule has 0 atom stereocenters. The Labute approximate surface area is 114 Å². The normalized spacial score (nSPS) is 11.2. The molecule has 0 fully saturated rings. The Morgan fingerprint density at radius 1 is 1.29 bits per heavy atom. The van der Waals surface area contributed by atoms with Gasteiger partial charge in [-0.05, 0) is 42.3 Å². The summed E-state index contributed by atoms with van der Waals surface area (Å²) in [5, 5.41) is 8.44. The average molecular weight is 315 g/mol. The molecule has 0 radical (unpaired) electrons. The first-order valence-corrected chi connectivity index (χ1v) is 6.55. The minimum absolute atomic E-state index is 0.277. The highest BCUT2D eigenvalue weighted by Gasteiger charge is 2.15. The van der Waals surface area contributed by atoms with Crippen LogP contribution < -0.4 is 0 Å². The molecule has 5 heteroatoms. The van der Waals surface area contributed by atoms with E-state index in [-0.39, 0.29) is 5.92 Å². The van der Waals surface area contributed by atoms with Crippen LogP contribution in [0.1, 0.15) is 31.2 Å². The summed E-state index contributed by atoms with van der Waals surface area (Å²) in [6.45, 7) is 6.19. The number of aryl methyl sites for hydroxylation is 1. The SMILES string of the molecule is Cc1cc(-n2c(Cl)nnc2C(C)C)ccc1Br. The van der Waals surface area contributed by atoms with Gasteiger partial charge in [-0.1, -0.05) is 29.8 Å². The van der Waals surface area contributed by atoms with Crippen molar-refractivity contribution in [3.63, 3.8) is 0 Å². The largest absolute Gasteiger partial charge is 0.270 e. The van der Waals surface area contributed by atoms with E-state index >= 15 is 0 Å². The summed E-state index contributed by atoms with van der Waals surface area (Å²) in [6.07, 6.45) is 0. The van der Waals surface area contributed by atoms with E-state index in [9.17, 15) is 0 Å². The first kappa shape index (κ1) is 12.6. The summed E-state index contributed by atoms with van der Waals surface area (Å²) in [5.74, 6) is 1.15. The first-order chi connectivity index (χ1) is 8.00. The lowest BCUT2D eigenvalue weighted by molar-refractivity contribution is 0.745. The van der Waals surface area contributed by atoms with Crippen LogP contribution in [0.2, 0.25) is 5.28 Å². The second-order valence-electron chi connectivity index (χ2n) is 4.25. The predicted octanol–water partition coefficient (Wildman–Crippen LogP) is 4.12. The fraction of sp³-hybridized carbons (Fsp3) is 0.333. The van der Waals surface area contributed by atoms with Crippen molar-refractivity contribution in [1.29, 1.82) is 0 Å². The summed E-state index contributed by atoms with van der Waals surface area (Å²) < 4.78 is 2.96. The molecule has 0 aliphatic rings. The number of hydrogen-bond donors (Lipinski definition) is 0. The molecule has 0 aliphatic carbocycles. The van der Waals surface area contributed by atoms with Crippen LogP contribution in [-0.4, -0.2) is 14.8 Å². The predicted molar refractivity (Wildman–Crippen MR) is 72.9 cm³/mol. The molecule has 17 heavy (non-hydrogen) atoms. The van der Waals surface area contributed by atoms with Crippen molar-refractivity contribution in [2.75, 3.05) is 0 Å². The Hall–Kier alpha value is -0.870. The summed E-state index contributed by atoms with van der Waals surface area (Å²) >= 11 is 9.58. The van der Waals surface area contributed by atoms with E-state index in [4.69, 9.17) is 11.6 Å². The van der Waals surface area contributed by atoms with Crippen LogP contribution in [0.3, 0.4) is 0 Å². The standard InChI is InChI=1S/C12H13BrClN3/c1-7(2)11-15-16-12(14)17(11)9-4-5-10(13)8(3)6-9/h4-7H,1-3H3. The molecule has 1 aromatic carbocycles. The molecule has 1 aromatic heterocycles. The van der Waals surface area contributed by atoms with E-state index in [2.05, 4.69) is 46.0 Å². The number of benzene rings is 1. The van der Waals surface area contributed by atoms with Crippen molar-refractivity contribution in [3.05, 3.63) is 39.3 Å². The Bertz CT molecular complexity index is 549. The van der Waals surface area contributed by atoms with Gasteiger partial charge < -0.3 is 0 Å². The summed E-state index contributed by atoms with van der Waals surface area (Å²) in [7, 11) is 0. The molecule has 1 heterocycles. The number of halogens is 2. The molecule has 2 rings (SSSR count). The molecule has 0 amide bonds. The van der Waals surface area contributed by atoms with Gasteiger partial charge in [0.05, 0.1) is 5.69 Å². The molecule has 0 saturated carbocycles. The Morgan fingerprint density at radius 2 is 2.00 bits per heavy atom. The van der Waals surface area contributed by atoms with Crippen molar-refractivity contribution < 1.29 is 0 Å². The maximum Gasteiger partial charge on any atom is 0.229 e. The lowest BCUT2D eigenvalue weighted by Crippen LogP contribution is -2.03. The van der Waals surface area contributed by atoms with E-state index in [1.165, 1.54) is 0 Å². The van der Waals surface area contributed by atoms with Gasteiger partial charge in [0.2, 0.25) is 5.28 Å². The molecule has 2 aromatic rings. The monoisotopic (exact) mass is 313 g/mol. The van der Waals surface area contributed by atoms with Crippen LogP contribution >= 0.6 is 27.5 Å². The fourth-order valence-corrected chi connectivity index (χ4v) is 2.13. The quantitative estimate of drug-likeness (QED) is 0.835. The van der Waals surface area contributed by atoms with Crippen molar-refractivity contribution in [1.82, 2.24) is 14.8 Å². The van der Waals surface area contributed by atoms with Gasteiger partial charge in [-0.3, -0.25) is 4.57 Å². The van der Waals surface area contributed by atoms with Crippen molar-refractivity contribution in [2.45, 2.75) is 26.7 Å². The highest BCUT2D eigenvalue weighted by molar-refractivity contribution is 9.10. The lowest BCUT2D eigenvalue weighted by atomic mass is 10.2. The molecule has 0 spiro atoms.